The third-order valence-electron chi connectivity index (χ3n) is 18.5. The number of carboxylic acid groups (broad SMARTS) is 1. The van der Waals surface area contributed by atoms with Crippen LogP contribution in [0.2, 0.25) is 0 Å². The number of aliphatic hydroxyl groups is 12. The van der Waals surface area contributed by atoms with Crippen LogP contribution >= 0.6 is 0 Å². The van der Waals surface area contributed by atoms with E-state index in [1.807, 2.05) is 0 Å². The van der Waals surface area contributed by atoms with Gasteiger partial charge in [-0.3, -0.25) is 24.2 Å². The Morgan fingerprint density at radius 3 is 1.06 bits per heavy atom. The van der Waals surface area contributed by atoms with Gasteiger partial charge in [0.2, 0.25) is 11.8 Å². The topological polar surface area (TPSA) is 578 Å². The Hall–Kier alpha value is -6.07. The number of nitrogens with zero attached hydrogens (tertiary/aromatic N) is 14. The lowest BCUT2D eigenvalue weighted by molar-refractivity contribution is -0.284. The first-order valence-corrected chi connectivity index (χ1v) is 36.1. The Balaban J connectivity index is 0.880. The van der Waals surface area contributed by atoms with Crippen molar-refractivity contribution in [3.63, 3.8) is 0 Å². The van der Waals surface area contributed by atoms with Gasteiger partial charge in [0.05, 0.1) is 167 Å². The van der Waals surface area contributed by atoms with Gasteiger partial charge in [-0.15, -0.1) is 20.4 Å². The Labute approximate surface area is 621 Å². The lowest BCUT2D eigenvalue weighted by atomic mass is 9.92. The van der Waals surface area contributed by atoms with Crippen LogP contribution in [0, 0.1) is 11.8 Å². The van der Waals surface area contributed by atoms with Crippen LogP contribution in [0.25, 0.3) is 0 Å². The molecule has 15 N–H and O–H groups in total. The number of nitrogens with one attached hydrogen (secondary N) is 2. The number of unbranched alkanes of at least 4 members (excludes halogenated alkanes) is 1. The number of aliphatic carboxylic acids is 1. The fraction of sp³-hybridized carbons (Fsp3) is 0.828. The van der Waals surface area contributed by atoms with Crippen molar-refractivity contribution >= 4 is 17.8 Å². The number of carbonyl (C=O) groups excluding carboxylic acids is 2. The average Bonchev–Trinajstić information content (AvgIpc) is 1.08. The van der Waals surface area contributed by atoms with Gasteiger partial charge in [0, 0.05) is 76.6 Å². The van der Waals surface area contributed by atoms with Gasteiger partial charge in [-0.05, 0) is 19.4 Å². The molecule has 4 aliphatic heterocycles. The second-order valence-electron chi connectivity index (χ2n) is 26.8. The molecule has 44 heteroatoms. The number of hydrogen-bond donors (Lipinski definition) is 15. The molecule has 8 heterocycles. The van der Waals surface area contributed by atoms with Crippen LogP contribution < -0.4 is 10.6 Å². The van der Waals surface area contributed by atoms with Gasteiger partial charge >= 0.3 is 5.97 Å². The van der Waals surface area contributed by atoms with Crippen molar-refractivity contribution in [3.05, 3.63) is 47.6 Å². The third-order valence-corrected chi connectivity index (χ3v) is 18.5. The second kappa shape index (κ2) is 44.8. The second-order valence-corrected chi connectivity index (χ2v) is 26.8. The van der Waals surface area contributed by atoms with Gasteiger partial charge in [-0.2, -0.15) is 0 Å². The maximum atomic E-state index is 13.5. The van der Waals surface area contributed by atoms with E-state index in [9.17, 15) is 80.8 Å². The standard InChI is InChI=1S/C64H108N16O28/c1-37-52(87)54(89)46(33-81)105-61(37)101-21-17-97-15-11-79-31-43(69-73-79)27-76(28-44-32-80(74-70-44)12-16-98-18-22-102-62-38(2)53(88)55(90)47(34-82)106-62)45(60(95)96)7-5-6-8-75(25-41-29-77(71-67-41)9-13-99-19-23-103-63-50(65-39(3)85)58(93)56(91)48(35-83)107-63)26-42-30-78(72-68-42)10-14-100-20-24-104-64-51(66-40(4)86)59(94)57(92)49(36-84)108-64/h29-32,37-38,45-59,61-64,81-84,87-94H,5-28,33-36H2,1-4H3,(H,65,85)(H,66,86)(H,95,96)/t37?,38?,45-,46?,47?,48?,49?,50?,51?,52?,53?,54?,55?,56?,57?,58?,59?,61?,62?,63?,64?/m1/s1. The van der Waals surface area contributed by atoms with E-state index in [0.29, 0.717) is 42.2 Å². The lowest BCUT2D eigenvalue weighted by Gasteiger charge is -2.42. The molecule has 0 bridgehead atoms. The molecule has 4 aromatic rings. The van der Waals surface area contributed by atoms with E-state index in [1.165, 1.54) is 13.8 Å². The van der Waals surface area contributed by atoms with E-state index in [4.69, 9.17) is 56.8 Å². The summed E-state index contributed by atoms with van der Waals surface area (Å²) in [5.41, 5.74) is 2.05. The maximum Gasteiger partial charge on any atom is 0.320 e. The van der Waals surface area contributed by atoms with E-state index in [1.54, 1.807) is 62.3 Å². The Morgan fingerprint density at radius 2 is 0.741 bits per heavy atom. The predicted octanol–water partition coefficient (Wildman–Crippen LogP) is -8.45. The molecule has 4 saturated heterocycles. The van der Waals surface area contributed by atoms with Crippen LogP contribution in [-0.4, -0.2) is 383 Å². The normalized spacial score (nSPS) is 29.3. The van der Waals surface area contributed by atoms with Gasteiger partial charge in [-0.25, -0.2) is 18.7 Å². The number of rotatable bonds is 49. The summed E-state index contributed by atoms with van der Waals surface area (Å²) < 4.78 is 75.0. The number of amides is 2. The smallest absolute Gasteiger partial charge is 0.320 e. The van der Waals surface area contributed by atoms with Crippen molar-refractivity contribution in [1.29, 1.82) is 0 Å². The number of hydrogen-bond acceptors (Lipinski definition) is 37. The zero-order chi connectivity index (χ0) is 77.8. The van der Waals surface area contributed by atoms with Crippen LogP contribution in [0.5, 0.6) is 0 Å². The highest BCUT2D eigenvalue weighted by Gasteiger charge is 2.48. The molecular weight excluding hydrogens is 1440 g/mol. The Bertz CT molecular complexity index is 3040. The summed E-state index contributed by atoms with van der Waals surface area (Å²) in [5.74, 6) is -3.24. The van der Waals surface area contributed by atoms with Gasteiger partial charge < -0.3 is 134 Å². The van der Waals surface area contributed by atoms with Crippen molar-refractivity contribution in [2.75, 3.05) is 112 Å². The van der Waals surface area contributed by atoms with Gasteiger partial charge in [-0.1, -0.05) is 41.1 Å². The molecule has 21 atom stereocenters. The van der Waals surface area contributed by atoms with Crippen LogP contribution in [0.3, 0.4) is 0 Å². The van der Waals surface area contributed by atoms with E-state index in [0.717, 1.165) is 0 Å². The first-order valence-electron chi connectivity index (χ1n) is 36.1. The zero-order valence-electron chi connectivity index (χ0n) is 60.9. The van der Waals surface area contributed by atoms with Crippen molar-refractivity contribution in [2.45, 2.75) is 216 Å². The first-order chi connectivity index (χ1) is 52.0. The molecule has 0 aromatic carbocycles. The first kappa shape index (κ1) is 87.5. The monoisotopic (exact) mass is 1550 g/mol. The number of aliphatic hydroxyl groups excluding tert-OH is 12. The highest BCUT2D eigenvalue weighted by atomic mass is 16.7. The summed E-state index contributed by atoms with van der Waals surface area (Å²) >= 11 is 0. The van der Waals surface area contributed by atoms with Gasteiger partial charge in [0.25, 0.3) is 0 Å². The van der Waals surface area contributed by atoms with E-state index in [2.05, 4.69) is 56.8 Å². The van der Waals surface area contributed by atoms with Crippen LogP contribution in [-0.2, 0) is 124 Å². The van der Waals surface area contributed by atoms with Crippen molar-refractivity contribution in [2.24, 2.45) is 11.8 Å². The minimum absolute atomic E-state index is 0.0285. The highest BCUT2D eigenvalue weighted by molar-refractivity contribution is 5.74. The summed E-state index contributed by atoms with van der Waals surface area (Å²) in [6.45, 7) is 6.86. The molecule has 612 valence electrons. The van der Waals surface area contributed by atoms with E-state index < -0.39 is 173 Å². The molecule has 4 aromatic heterocycles. The quantitative estimate of drug-likeness (QED) is 0.0183. The molecule has 2 amide bonds. The third kappa shape index (κ3) is 26.3. The summed E-state index contributed by atoms with van der Waals surface area (Å²) in [5, 5.41) is 173. The number of aromatic nitrogens is 12. The minimum atomic E-state index is -1.47. The molecule has 4 fully saturated rings. The fourth-order valence-electron chi connectivity index (χ4n) is 12.6. The van der Waals surface area contributed by atoms with E-state index >= 15 is 0 Å². The number of carbonyl (C=O) groups is 3. The molecule has 108 heavy (non-hydrogen) atoms. The summed E-state index contributed by atoms with van der Waals surface area (Å²) in [6, 6.07) is -3.31. The van der Waals surface area contributed by atoms with Crippen molar-refractivity contribution in [3.8, 4) is 0 Å². The molecule has 0 radical (unpaired) electrons. The largest absolute Gasteiger partial charge is 0.480 e. The lowest BCUT2D eigenvalue weighted by Crippen LogP contribution is -2.64. The molecule has 0 saturated carbocycles. The SMILES string of the molecule is CC(=O)NC1C(OCCOCCn2cc(CN(CCCC[C@H](C(=O)O)N(Cc3cn(CCOCCOC4OC(CO)C(O)C(O)C4C)nn3)Cc3cn(CCOCCOC4OC(CO)C(O)C(O)C4C)nn3)Cc3cn(CCOCCOC4OC(CO)C(O)C(O)C4NC(C)=O)nn3)nn2)OC(CO)C(O)C1O. The molecule has 20 unspecified atom stereocenters. The van der Waals surface area contributed by atoms with Crippen LogP contribution in [0.1, 0.15) is 69.7 Å². The molecule has 0 aliphatic carbocycles. The van der Waals surface area contributed by atoms with Crippen LogP contribution in [0.4, 0.5) is 0 Å². The predicted molar refractivity (Wildman–Crippen MR) is 360 cm³/mol. The molecule has 0 spiro atoms. The fourth-order valence-corrected chi connectivity index (χ4v) is 12.6. The van der Waals surface area contributed by atoms with E-state index in [-0.39, 0.29) is 138 Å². The summed E-state index contributed by atoms with van der Waals surface area (Å²) in [6.07, 6.45) is -11.3. The summed E-state index contributed by atoms with van der Waals surface area (Å²) in [7, 11) is 0. The Kier molecular flexibility index (Phi) is 36.3. The van der Waals surface area contributed by atoms with Crippen molar-refractivity contribution in [1.82, 2.24) is 80.4 Å². The molecule has 4 aliphatic rings. The number of ether oxygens (including phenoxy) is 12. The molecule has 8 rings (SSSR count). The molecular formula is C64H108N16O28. The van der Waals surface area contributed by atoms with Gasteiger partial charge in [0.15, 0.2) is 25.2 Å². The minimum Gasteiger partial charge on any atom is -0.480 e. The van der Waals surface area contributed by atoms with Crippen LogP contribution in [0.15, 0.2) is 24.8 Å². The maximum absolute atomic E-state index is 13.5. The number of carboxylic acids is 1. The van der Waals surface area contributed by atoms with Crippen molar-refractivity contribution < 1.29 is 138 Å². The van der Waals surface area contributed by atoms with Gasteiger partial charge in [0.1, 0.15) is 79.2 Å². The molecule has 44 nitrogen and oxygen atoms in total. The average molecular weight is 1550 g/mol. The zero-order valence-corrected chi connectivity index (χ0v) is 60.9. The summed E-state index contributed by atoms with van der Waals surface area (Å²) in [4.78, 5) is 41.0. The Morgan fingerprint density at radius 1 is 0.435 bits per heavy atom. The highest BCUT2D eigenvalue weighted by Crippen LogP contribution is 2.29.